The molecule has 0 saturated heterocycles. The van der Waals surface area contributed by atoms with Gasteiger partial charge in [-0.1, -0.05) is 22.4 Å². The fraction of sp³-hybridized carbons (Fsp3) is 0.667. The maximum Gasteiger partial charge on any atom is 0.317 e. The number of carbonyl (C=O) groups is 8. The maximum atomic E-state index is 10.6. The second-order valence-corrected chi connectivity index (χ2v) is 11.1. The van der Waals surface area contributed by atoms with Gasteiger partial charge in [0.1, 0.15) is 0 Å². The van der Waals surface area contributed by atoms with Gasteiger partial charge in [-0.2, -0.15) is 0 Å². The molecule has 0 spiro atoms. The number of rotatable bonds is 12. The van der Waals surface area contributed by atoms with E-state index >= 15 is 0 Å². The summed E-state index contributed by atoms with van der Waals surface area (Å²) in [6.45, 7) is 3.28. The molecule has 24 heteroatoms. The van der Waals surface area contributed by atoms with Gasteiger partial charge in [-0.05, 0) is 0 Å². The summed E-state index contributed by atoms with van der Waals surface area (Å²) in [7, 11) is 0. The Labute approximate surface area is 284 Å². The summed E-state index contributed by atoms with van der Waals surface area (Å²) in [6, 6.07) is 0. The van der Waals surface area contributed by atoms with Crippen LogP contribution in [0.15, 0.2) is 0 Å². The molecule has 0 aliphatic rings. The van der Waals surface area contributed by atoms with E-state index in [1.165, 1.54) is 0 Å². The molecule has 0 saturated carbocycles. The first-order valence-corrected chi connectivity index (χ1v) is 16.4. The summed E-state index contributed by atoms with van der Waals surface area (Å²) in [5.74, 6) is -8.24. The van der Waals surface area contributed by atoms with E-state index in [-0.39, 0.29) is 13.1 Å². The highest BCUT2D eigenvalue weighted by atomic mass is 32.2. The fourth-order valence-corrected chi connectivity index (χ4v) is 1.48. The standard InChI is InChI=1S/C10H16N2O8.C2H8N2.4C2H4O2.2C2H6OS/c13-7(14)3-11(4-8(15)16)1-2-12(5-9(17)18)6-10(19)20;3-1-2-4;4*1-2(3)4;2*1-4(2)3/h1-6H2,(H,13,14)(H,15,16)(H,17,18)(H,19,20);1-4H2;4*1H3,(H,3,4);2*1-2H3. The first kappa shape index (κ1) is 63.0. The van der Waals surface area contributed by atoms with Gasteiger partial charge in [0.05, 0.1) is 51.2 Å². The lowest BCUT2D eigenvalue weighted by Crippen LogP contribution is -2.43. The van der Waals surface area contributed by atoms with E-state index < -0.39 is 96.3 Å². The molecule has 22 nitrogen and oxygen atoms in total. The molecule has 0 fully saturated rings. The second kappa shape index (κ2) is 47.6. The number of nitrogens with zero attached hydrogens (tertiary/aromatic N) is 2. The van der Waals surface area contributed by atoms with E-state index in [1.807, 2.05) is 0 Å². The molecule has 288 valence electrons. The van der Waals surface area contributed by atoms with Crippen LogP contribution in [0.3, 0.4) is 0 Å². The summed E-state index contributed by atoms with van der Waals surface area (Å²) in [5, 5.41) is 64.1. The zero-order chi connectivity index (χ0) is 40.6. The van der Waals surface area contributed by atoms with Crippen molar-refractivity contribution in [2.45, 2.75) is 27.7 Å². The second-order valence-electron chi connectivity index (χ2n) is 8.13. The van der Waals surface area contributed by atoms with Crippen LogP contribution in [0.1, 0.15) is 27.7 Å². The van der Waals surface area contributed by atoms with E-state index in [9.17, 15) is 28.3 Å². The Bertz CT molecular complexity index is 719. The van der Waals surface area contributed by atoms with Crippen LogP contribution in [0, 0.1) is 0 Å². The Morgan fingerprint density at radius 3 is 0.625 bits per heavy atom. The highest BCUT2D eigenvalue weighted by Gasteiger charge is 2.18. The summed E-state index contributed by atoms with van der Waals surface area (Å²) < 4.78 is 19.1. The molecule has 0 amide bonds. The van der Waals surface area contributed by atoms with Crippen LogP contribution >= 0.6 is 0 Å². The van der Waals surface area contributed by atoms with Crippen molar-refractivity contribution in [2.75, 3.05) is 77.4 Å². The van der Waals surface area contributed by atoms with Crippen molar-refractivity contribution < 1.29 is 88.3 Å². The van der Waals surface area contributed by atoms with Crippen LogP contribution < -0.4 is 11.5 Å². The van der Waals surface area contributed by atoms with Crippen molar-refractivity contribution in [3.05, 3.63) is 0 Å². The number of aliphatic carboxylic acids is 8. The van der Waals surface area contributed by atoms with E-state index in [0.717, 1.165) is 37.5 Å². The average molecular weight is 749 g/mol. The number of carboxylic acids is 8. The van der Waals surface area contributed by atoms with Crippen LogP contribution in [-0.4, -0.2) is 185 Å². The van der Waals surface area contributed by atoms with Crippen LogP contribution in [-0.2, 0) is 60.7 Å². The molecule has 0 rings (SSSR count). The van der Waals surface area contributed by atoms with E-state index in [0.29, 0.717) is 13.1 Å². The summed E-state index contributed by atoms with van der Waals surface area (Å²) in [5.41, 5.74) is 9.81. The number of carboxylic acid groups (broad SMARTS) is 8. The zero-order valence-corrected chi connectivity index (χ0v) is 29.8. The van der Waals surface area contributed by atoms with Gasteiger partial charge in [0.25, 0.3) is 23.9 Å². The molecule has 0 aromatic carbocycles. The quantitative estimate of drug-likeness (QED) is 0.0900. The number of nitrogens with two attached hydrogens (primary N) is 2. The molecule has 0 aliphatic carbocycles. The van der Waals surface area contributed by atoms with Gasteiger partial charge >= 0.3 is 23.9 Å². The number of hydrogen-bond acceptors (Lipinski definition) is 14. The van der Waals surface area contributed by atoms with Gasteiger partial charge in [-0.15, -0.1) is 0 Å². The predicted octanol–water partition coefficient (Wildman–Crippen LogP) is -2.81. The van der Waals surface area contributed by atoms with Crippen LogP contribution in [0.4, 0.5) is 0 Å². The minimum Gasteiger partial charge on any atom is -0.617 e. The smallest absolute Gasteiger partial charge is 0.317 e. The molecule has 0 atom stereocenters. The SMILES string of the molecule is CC(=O)O.CC(=O)O.CC(=O)O.CC(=O)O.C[S+](C)[O-].C[S+](C)[O-].NCCN.O=C(O)CN(CCN(CC(=O)O)CC(=O)O)CC(=O)O. The Balaban J connectivity index is -0.0000000771. The molecule has 48 heavy (non-hydrogen) atoms. The van der Waals surface area contributed by atoms with Crippen molar-refractivity contribution in [3.8, 4) is 0 Å². The summed E-state index contributed by atoms with van der Waals surface area (Å²) >= 11 is -1.22. The van der Waals surface area contributed by atoms with Crippen LogP contribution in [0.25, 0.3) is 0 Å². The fourth-order valence-electron chi connectivity index (χ4n) is 1.48. The predicted molar refractivity (Wildman–Crippen MR) is 175 cm³/mol. The summed E-state index contributed by atoms with van der Waals surface area (Å²) in [4.78, 5) is 80.4. The summed E-state index contributed by atoms with van der Waals surface area (Å²) in [6.07, 6.45) is 6.56. The molecule has 0 bridgehead atoms. The van der Waals surface area contributed by atoms with Gasteiger partial charge in [0.15, 0.2) is 0 Å². The van der Waals surface area contributed by atoms with E-state index in [2.05, 4.69) is 0 Å². The Kier molecular flexibility index (Phi) is 62.5. The molecular weight excluding hydrogens is 696 g/mol. The molecule has 0 aliphatic heterocycles. The first-order chi connectivity index (χ1) is 21.5. The average Bonchev–Trinajstić information content (AvgIpc) is 2.79. The largest absolute Gasteiger partial charge is 0.617 e. The molecular formula is C24H52N4O18S2. The third-order valence-corrected chi connectivity index (χ3v) is 2.33. The highest BCUT2D eigenvalue weighted by Crippen LogP contribution is 1.94. The minimum absolute atomic E-state index is 0.0703. The van der Waals surface area contributed by atoms with Gasteiger partial charge < -0.3 is 61.4 Å². The molecule has 0 unspecified atom stereocenters. The lowest BCUT2D eigenvalue weighted by atomic mass is 10.4. The minimum atomic E-state index is -1.23. The Morgan fingerprint density at radius 2 is 0.562 bits per heavy atom. The first-order valence-electron chi connectivity index (χ1n) is 12.5. The maximum absolute atomic E-state index is 10.6. The van der Waals surface area contributed by atoms with Gasteiger partial charge in [-0.25, -0.2) is 0 Å². The highest BCUT2D eigenvalue weighted by molar-refractivity contribution is 7.90. The Morgan fingerprint density at radius 1 is 0.458 bits per heavy atom. The lowest BCUT2D eigenvalue weighted by molar-refractivity contribution is -0.145. The molecule has 12 N–H and O–H groups in total. The molecule has 0 heterocycles. The monoisotopic (exact) mass is 748 g/mol. The normalized spacial score (nSPS) is 8.67. The topological polar surface area (TPSA) is 403 Å². The van der Waals surface area contributed by atoms with Crippen molar-refractivity contribution >= 4 is 70.1 Å². The van der Waals surface area contributed by atoms with Crippen LogP contribution in [0.2, 0.25) is 0 Å². The van der Waals surface area contributed by atoms with E-state index in [4.69, 9.17) is 71.5 Å². The van der Waals surface area contributed by atoms with Gasteiger partial charge in [-0.3, -0.25) is 48.2 Å². The van der Waals surface area contributed by atoms with Crippen molar-refractivity contribution in [2.24, 2.45) is 11.5 Å². The molecule has 0 aromatic rings. The molecule has 0 aromatic heterocycles. The third-order valence-electron chi connectivity index (χ3n) is 2.33. The van der Waals surface area contributed by atoms with Crippen molar-refractivity contribution in [3.63, 3.8) is 0 Å². The van der Waals surface area contributed by atoms with Gasteiger partial charge in [0.2, 0.25) is 0 Å². The third kappa shape index (κ3) is 216. The Hall–Kier alpha value is -3.78. The van der Waals surface area contributed by atoms with Gasteiger partial charge in [0, 0.05) is 53.9 Å². The lowest BCUT2D eigenvalue weighted by Gasteiger charge is -2.23. The van der Waals surface area contributed by atoms with Crippen molar-refractivity contribution in [1.82, 2.24) is 9.80 Å². The number of hydrogen-bond donors (Lipinski definition) is 10. The van der Waals surface area contributed by atoms with E-state index in [1.54, 1.807) is 25.0 Å². The molecule has 0 radical (unpaired) electrons. The zero-order valence-electron chi connectivity index (χ0n) is 28.2. The van der Waals surface area contributed by atoms with Crippen molar-refractivity contribution in [1.29, 1.82) is 0 Å². The van der Waals surface area contributed by atoms with Crippen LogP contribution in [0.5, 0.6) is 0 Å².